The number of amides is 1. The van der Waals surface area contributed by atoms with Crippen LogP contribution in [0.3, 0.4) is 0 Å². The minimum absolute atomic E-state index is 0.0998. The van der Waals surface area contributed by atoms with Gasteiger partial charge in [-0.1, -0.05) is 13.8 Å². The van der Waals surface area contributed by atoms with Crippen molar-refractivity contribution in [1.82, 2.24) is 5.32 Å². The molecule has 122 valence electrons. The van der Waals surface area contributed by atoms with Gasteiger partial charge < -0.3 is 9.73 Å². The van der Waals surface area contributed by atoms with E-state index in [0.717, 1.165) is 6.42 Å². The van der Waals surface area contributed by atoms with Crippen molar-refractivity contribution in [3.8, 4) is 0 Å². The minimum atomic E-state index is -2.69. The third-order valence-electron chi connectivity index (χ3n) is 3.86. The lowest BCUT2D eigenvalue weighted by atomic mass is 10.0. The molecule has 0 aliphatic heterocycles. The number of alkyl halides is 2. The summed E-state index contributed by atoms with van der Waals surface area (Å²) in [6, 6.07) is 1.67. The molecule has 0 saturated heterocycles. The van der Waals surface area contributed by atoms with Crippen LogP contribution in [0, 0.1) is 18.8 Å². The molecular formula is C16H21F2NO3. The second-order valence-electron chi connectivity index (χ2n) is 6.36. The number of nitrogens with one attached hydrogen (secondary N) is 1. The Morgan fingerprint density at radius 2 is 2.14 bits per heavy atom. The molecule has 2 rings (SSSR count). The van der Waals surface area contributed by atoms with Crippen molar-refractivity contribution in [1.29, 1.82) is 0 Å². The quantitative estimate of drug-likeness (QED) is 0.878. The van der Waals surface area contributed by atoms with Gasteiger partial charge in [-0.2, -0.15) is 0 Å². The van der Waals surface area contributed by atoms with E-state index in [4.69, 9.17) is 4.42 Å². The maximum absolute atomic E-state index is 12.8. The Hall–Kier alpha value is -1.72. The van der Waals surface area contributed by atoms with Crippen molar-refractivity contribution < 1.29 is 18.0 Å². The number of hydrogen-bond acceptors (Lipinski definition) is 3. The summed E-state index contributed by atoms with van der Waals surface area (Å²) in [5, 5.41) is 2.39. The van der Waals surface area contributed by atoms with Gasteiger partial charge in [-0.25, -0.2) is 13.6 Å². The molecule has 6 heteroatoms. The highest BCUT2D eigenvalue weighted by molar-refractivity contribution is 5.95. The topological polar surface area (TPSA) is 59.3 Å². The van der Waals surface area contributed by atoms with Gasteiger partial charge >= 0.3 is 5.63 Å². The van der Waals surface area contributed by atoms with Gasteiger partial charge in [0, 0.05) is 25.3 Å². The summed E-state index contributed by atoms with van der Waals surface area (Å²) in [7, 11) is 0. The van der Waals surface area contributed by atoms with Crippen molar-refractivity contribution in [3.05, 3.63) is 33.4 Å². The van der Waals surface area contributed by atoms with Gasteiger partial charge in [0.2, 0.25) is 0 Å². The highest BCUT2D eigenvalue weighted by Gasteiger charge is 2.56. The fourth-order valence-corrected chi connectivity index (χ4v) is 2.30. The van der Waals surface area contributed by atoms with Crippen molar-refractivity contribution in [2.75, 3.05) is 6.54 Å². The summed E-state index contributed by atoms with van der Waals surface area (Å²) >= 11 is 0. The number of rotatable bonds is 6. The van der Waals surface area contributed by atoms with Gasteiger partial charge in [-0.05, 0) is 30.9 Å². The number of halogens is 2. The van der Waals surface area contributed by atoms with Gasteiger partial charge in [0.15, 0.2) is 0 Å². The van der Waals surface area contributed by atoms with Crippen LogP contribution in [0.2, 0.25) is 0 Å². The van der Waals surface area contributed by atoms with Gasteiger partial charge in [-0.3, -0.25) is 4.79 Å². The van der Waals surface area contributed by atoms with Gasteiger partial charge in [0.05, 0.1) is 0 Å². The summed E-state index contributed by atoms with van der Waals surface area (Å²) in [6.45, 7) is 5.66. The molecule has 1 amide bonds. The van der Waals surface area contributed by atoms with Gasteiger partial charge in [-0.15, -0.1) is 0 Å². The van der Waals surface area contributed by atoms with Crippen LogP contribution in [0.1, 0.15) is 48.4 Å². The molecule has 22 heavy (non-hydrogen) atoms. The average Bonchev–Trinajstić information content (AvgIpc) is 3.01. The zero-order valence-electron chi connectivity index (χ0n) is 13.0. The van der Waals surface area contributed by atoms with E-state index in [2.05, 4.69) is 19.2 Å². The Labute approximate surface area is 127 Å². The molecular weight excluding hydrogens is 292 g/mol. The summed E-state index contributed by atoms with van der Waals surface area (Å²) in [5.74, 6) is -3.14. The zero-order valence-corrected chi connectivity index (χ0v) is 13.0. The Morgan fingerprint density at radius 1 is 1.50 bits per heavy atom. The van der Waals surface area contributed by atoms with E-state index < -0.39 is 23.4 Å². The van der Waals surface area contributed by atoms with Crippen LogP contribution < -0.4 is 10.9 Å². The molecule has 1 aromatic heterocycles. The van der Waals surface area contributed by atoms with Crippen LogP contribution >= 0.6 is 0 Å². The molecule has 1 aliphatic rings. The van der Waals surface area contributed by atoms with Crippen molar-refractivity contribution in [2.24, 2.45) is 11.8 Å². The Kier molecular flexibility index (Phi) is 4.68. The van der Waals surface area contributed by atoms with Crippen LogP contribution in [-0.4, -0.2) is 18.4 Å². The number of carbonyl (C=O) groups excluding carboxylic acids is 1. The summed E-state index contributed by atoms with van der Waals surface area (Å²) in [5.41, 5.74) is -0.300. The largest absolute Gasteiger partial charge is 0.427 e. The zero-order chi connectivity index (χ0) is 16.5. The lowest BCUT2D eigenvalue weighted by Crippen LogP contribution is -2.32. The lowest BCUT2D eigenvalue weighted by molar-refractivity contribution is 0.0892. The lowest BCUT2D eigenvalue weighted by Gasteiger charge is -2.08. The molecule has 1 N–H and O–H groups in total. The Balaban J connectivity index is 2.04. The normalized spacial score (nSPS) is 19.3. The first-order valence-electron chi connectivity index (χ1n) is 7.50. The maximum atomic E-state index is 12.8. The van der Waals surface area contributed by atoms with Crippen molar-refractivity contribution in [3.63, 3.8) is 0 Å². The van der Waals surface area contributed by atoms with Gasteiger partial charge in [0.1, 0.15) is 11.3 Å². The summed E-state index contributed by atoms with van der Waals surface area (Å²) in [6.07, 6.45) is 1.30. The summed E-state index contributed by atoms with van der Waals surface area (Å²) in [4.78, 5) is 23.9. The van der Waals surface area contributed by atoms with E-state index in [1.807, 2.05) is 0 Å². The first-order chi connectivity index (χ1) is 10.2. The molecule has 4 nitrogen and oxygen atoms in total. The molecule has 0 radical (unpaired) electrons. The van der Waals surface area contributed by atoms with Crippen molar-refractivity contribution in [2.45, 2.75) is 46.0 Å². The molecule has 0 spiro atoms. The van der Waals surface area contributed by atoms with Crippen LogP contribution in [0.4, 0.5) is 8.78 Å². The molecule has 0 aromatic carbocycles. The SMILES string of the molecule is Cc1cc(CCC(C)C)oc(=O)c1C(=O)NCC1CC1(F)F. The van der Waals surface area contributed by atoms with E-state index in [-0.39, 0.29) is 18.5 Å². The number of hydrogen-bond donors (Lipinski definition) is 1. The van der Waals surface area contributed by atoms with Crippen LogP contribution in [0.25, 0.3) is 0 Å². The van der Waals surface area contributed by atoms with Crippen molar-refractivity contribution >= 4 is 5.91 Å². The molecule has 1 heterocycles. The first kappa shape index (κ1) is 16.6. The fraction of sp³-hybridized carbons (Fsp3) is 0.625. The monoisotopic (exact) mass is 313 g/mol. The molecule has 1 atom stereocenters. The predicted octanol–water partition coefficient (Wildman–Crippen LogP) is 2.92. The van der Waals surface area contributed by atoms with Crippen LogP contribution in [-0.2, 0) is 6.42 Å². The third kappa shape index (κ3) is 3.93. The van der Waals surface area contributed by atoms with E-state index >= 15 is 0 Å². The molecule has 1 unspecified atom stereocenters. The Bertz CT molecular complexity index is 622. The minimum Gasteiger partial charge on any atom is -0.427 e. The predicted molar refractivity (Wildman–Crippen MR) is 78.3 cm³/mol. The second kappa shape index (κ2) is 6.18. The highest BCUT2D eigenvalue weighted by Crippen LogP contribution is 2.47. The molecule has 1 fully saturated rings. The third-order valence-corrected chi connectivity index (χ3v) is 3.86. The van der Waals surface area contributed by atoms with Crippen LogP contribution in [0.5, 0.6) is 0 Å². The molecule has 0 bridgehead atoms. The standard InChI is InChI=1S/C16H21F2NO3/c1-9(2)4-5-12-6-10(3)13(15(21)22-12)14(20)19-8-11-7-16(11,17)18/h6,9,11H,4-5,7-8H2,1-3H3,(H,19,20). The number of carbonyl (C=O) groups is 1. The van der Waals surface area contributed by atoms with E-state index in [1.165, 1.54) is 0 Å². The average molecular weight is 313 g/mol. The molecule has 1 aliphatic carbocycles. The van der Waals surface area contributed by atoms with E-state index in [9.17, 15) is 18.4 Å². The maximum Gasteiger partial charge on any atom is 0.349 e. The molecule has 1 saturated carbocycles. The smallest absolute Gasteiger partial charge is 0.349 e. The fourth-order valence-electron chi connectivity index (χ4n) is 2.30. The van der Waals surface area contributed by atoms with E-state index in [1.54, 1.807) is 13.0 Å². The van der Waals surface area contributed by atoms with E-state index in [0.29, 0.717) is 23.7 Å². The Morgan fingerprint density at radius 3 is 2.64 bits per heavy atom. The second-order valence-corrected chi connectivity index (χ2v) is 6.36. The van der Waals surface area contributed by atoms with Crippen LogP contribution in [0.15, 0.2) is 15.3 Å². The summed E-state index contributed by atoms with van der Waals surface area (Å²) < 4.78 is 30.7. The highest BCUT2D eigenvalue weighted by atomic mass is 19.3. The van der Waals surface area contributed by atoms with Gasteiger partial charge in [0.25, 0.3) is 11.8 Å². The molecule has 1 aromatic rings. The number of aryl methyl sites for hydroxylation is 2. The first-order valence-corrected chi connectivity index (χ1v) is 7.50.